The predicted molar refractivity (Wildman–Crippen MR) is 102 cm³/mol. The molecule has 0 saturated carbocycles. The van der Waals surface area contributed by atoms with Gasteiger partial charge in [0, 0.05) is 17.9 Å². The molecule has 0 radical (unpaired) electrons. The van der Waals surface area contributed by atoms with Crippen LogP contribution in [0.4, 0.5) is 11.4 Å². The van der Waals surface area contributed by atoms with Crippen molar-refractivity contribution < 1.29 is 0 Å². The lowest BCUT2D eigenvalue weighted by atomic mass is 10.1. The zero-order valence-corrected chi connectivity index (χ0v) is 14.9. The van der Waals surface area contributed by atoms with E-state index in [9.17, 15) is 0 Å². The van der Waals surface area contributed by atoms with Crippen LogP contribution in [-0.2, 0) is 0 Å². The Morgan fingerprint density at radius 3 is 1.68 bits per heavy atom. The van der Waals surface area contributed by atoms with Crippen molar-refractivity contribution in [1.29, 1.82) is 0 Å². The van der Waals surface area contributed by atoms with Crippen molar-refractivity contribution >= 4 is 23.8 Å². The van der Waals surface area contributed by atoms with Gasteiger partial charge < -0.3 is 10.7 Å². The van der Waals surface area contributed by atoms with Gasteiger partial charge in [0.25, 0.3) is 0 Å². The van der Waals surface area contributed by atoms with Gasteiger partial charge in [-0.15, -0.1) is 12.4 Å². The fourth-order valence-electron chi connectivity index (χ4n) is 2.53. The van der Waals surface area contributed by atoms with Gasteiger partial charge in [0.15, 0.2) is 0 Å². The van der Waals surface area contributed by atoms with Crippen molar-refractivity contribution in [3.05, 3.63) is 24.3 Å². The molecule has 0 aromatic heterocycles. The number of nitrogens with one attached hydrogen (secondary N) is 2. The Balaban J connectivity index is 0.00000441. The van der Waals surface area contributed by atoms with E-state index in [-0.39, 0.29) is 12.4 Å². The number of nitrogen functional groups attached to an aromatic ring is 1. The third kappa shape index (κ3) is 10.7. The molecule has 0 spiro atoms. The molecular formula is C18H34ClN3. The van der Waals surface area contributed by atoms with E-state index < -0.39 is 0 Å². The lowest BCUT2D eigenvalue weighted by Crippen LogP contribution is -2.06. The zero-order chi connectivity index (χ0) is 15.2. The molecule has 3 nitrogen and oxygen atoms in total. The van der Waals surface area contributed by atoms with Crippen LogP contribution >= 0.6 is 12.4 Å². The summed E-state index contributed by atoms with van der Waals surface area (Å²) in [5, 5.41) is 3.45. The third-order valence-corrected chi connectivity index (χ3v) is 3.91. The Morgan fingerprint density at radius 1 is 0.727 bits per heavy atom. The summed E-state index contributed by atoms with van der Waals surface area (Å²) in [6, 6.07) is 8.10. The van der Waals surface area contributed by atoms with Crippen LogP contribution in [0.3, 0.4) is 0 Å². The molecular weight excluding hydrogens is 294 g/mol. The van der Waals surface area contributed by atoms with Crippen LogP contribution in [0.2, 0.25) is 0 Å². The van der Waals surface area contributed by atoms with Gasteiger partial charge in [-0.05, 0) is 30.7 Å². The fourth-order valence-corrected chi connectivity index (χ4v) is 2.53. The molecule has 0 bridgehead atoms. The molecule has 1 aromatic carbocycles. The number of nitrogens with two attached hydrogens (primary N) is 1. The van der Waals surface area contributed by atoms with Gasteiger partial charge in [-0.2, -0.15) is 0 Å². The van der Waals surface area contributed by atoms with Crippen molar-refractivity contribution in [1.82, 2.24) is 0 Å². The standard InChI is InChI=1S/C18H33N3.ClH/c1-2-3-4-5-6-7-8-9-10-11-16-20-17-12-14-18(21-19)15-13-17;/h12-15,20-21H,2-11,16,19H2,1H3;1H. The van der Waals surface area contributed by atoms with Gasteiger partial charge >= 0.3 is 0 Å². The van der Waals surface area contributed by atoms with Crippen molar-refractivity contribution in [3.8, 4) is 0 Å². The number of benzene rings is 1. The molecule has 22 heavy (non-hydrogen) atoms. The third-order valence-electron chi connectivity index (χ3n) is 3.91. The lowest BCUT2D eigenvalue weighted by molar-refractivity contribution is 0.560. The first-order valence-corrected chi connectivity index (χ1v) is 8.67. The van der Waals surface area contributed by atoms with Crippen LogP contribution in [-0.4, -0.2) is 6.54 Å². The summed E-state index contributed by atoms with van der Waals surface area (Å²) >= 11 is 0. The number of hydrogen-bond acceptors (Lipinski definition) is 3. The number of unbranched alkanes of at least 4 members (excludes halogenated alkanes) is 9. The summed E-state index contributed by atoms with van der Waals surface area (Å²) in [5.41, 5.74) is 4.75. The normalized spacial score (nSPS) is 10.1. The topological polar surface area (TPSA) is 50.1 Å². The summed E-state index contributed by atoms with van der Waals surface area (Å²) < 4.78 is 0. The van der Waals surface area contributed by atoms with Crippen molar-refractivity contribution in [2.45, 2.75) is 71.1 Å². The second kappa shape index (κ2) is 15.0. The van der Waals surface area contributed by atoms with E-state index in [0.717, 1.165) is 12.2 Å². The van der Waals surface area contributed by atoms with Gasteiger partial charge in [0.05, 0.1) is 0 Å². The lowest BCUT2D eigenvalue weighted by Gasteiger charge is -2.07. The molecule has 1 rings (SSSR count). The first-order valence-electron chi connectivity index (χ1n) is 8.67. The highest BCUT2D eigenvalue weighted by Crippen LogP contribution is 2.13. The molecule has 0 saturated heterocycles. The summed E-state index contributed by atoms with van der Waals surface area (Å²) in [7, 11) is 0. The number of rotatable bonds is 13. The number of anilines is 2. The predicted octanol–water partition coefficient (Wildman–Crippen LogP) is 5.73. The maximum absolute atomic E-state index is 5.34. The van der Waals surface area contributed by atoms with Crippen LogP contribution in [0.5, 0.6) is 0 Å². The summed E-state index contributed by atoms with van der Waals surface area (Å²) in [4.78, 5) is 0. The van der Waals surface area contributed by atoms with Crippen LogP contribution < -0.4 is 16.6 Å². The van der Waals surface area contributed by atoms with E-state index in [1.54, 1.807) is 0 Å². The maximum Gasteiger partial charge on any atom is 0.0486 e. The van der Waals surface area contributed by atoms with Crippen LogP contribution in [0.1, 0.15) is 71.1 Å². The van der Waals surface area contributed by atoms with E-state index in [4.69, 9.17) is 5.84 Å². The van der Waals surface area contributed by atoms with Gasteiger partial charge in [-0.3, -0.25) is 5.84 Å². The summed E-state index contributed by atoms with van der Waals surface area (Å²) in [5.74, 6) is 5.34. The Morgan fingerprint density at radius 2 is 1.18 bits per heavy atom. The molecule has 4 heteroatoms. The number of hydrogen-bond donors (Lipinski definition) is 3. The van der Waals surface area contributed by atoms with E-state index in [2.05, 4.69) is 29.8 Å². The highest BCUT2D eigenvalue weighted by Gasteiger charge is 1.94. The molecule has 0 aliphatic rings. The second-order valence-corrected chi connectivity index (χ2v) is 5.83. The second-order valence-electron chi connectivity index (χ2n) is 5.83. The van der Waals surface area contributed by atoms with E-state index in [0.29, 0.717) is 0 Å². The van der Waals surface area contributed by atoms with Gasteiger partial charge in [0.1, 0.15) is 0 Å². The number of halogens is 1. The SMILES string of the molecule is CCCCCCCCCCCCNc1ccc(NN)cc1.Cl. The molecule has 0 fully saturated rings. The smallest absolute Gasteiger partial charge is 0.0486 e. The molecule has 0 atom stereocenters. The molecule has 0 unspecified atom stereocenters. The molecule has 128 valence electrons. The summed E-state index contributed by atoms with van der Waals surface area (Å²) in [6.45, 7) is 3.34. The van der Waals surface area contributed by atoms with Crippen molar-refractivity contribution in [2.75, 3.05) is 17.3 Å². The molecule has 0 heterocycles. The first-order chi connectivity index (χ1) is 10.4. The van der Waals surface area contributed by atoms with Gasteiger partial charge in [-0.25, -0.2) is 0 Å². The average molecular weight is 328 g/mol. The van der Waals surface area contributed by atoms with Crippen LogP contribution in [0, 0.1) is 0 Å². The van der Waals surface area contributed by atoms with E-state index in [1.165, 1.54) is 69.9 Å². The summed E-state index contributed by atoms with van der Waals surface area (Å²) in [6.07, 6.45) is 13.9. The first kappa shape index (κ1) is 21.1. The maximum atomic E-state index is 5.34. The fraction of sp³-hybridized carbons (Fsp3) is 0.667. The zero-order valence-electron chi connectivity index (χ0n) is 14.1. The molecule has 0 aliphatic heterocycles. The monoisotopic (exact) mass is 327 g/mol. The molecule has 1 aromatic rings. The largest absolute Gasteiger partial charge is 0.385 e. The highest BCUT2D eigenvalue weighted by atomic mass is 35.5. The van der Waals surface area contributed by atoms with Crippen molar-refractivity contribution in [3.63, 3.8) is 0 Å². The van der Waals surface area contributed by atoms with E-state index in [1.807, 2.05) is 12.1 Å². The quantitative estimate of drug-likeness (QED) is 0.246. The Labute approximate surface area is 142 Å². The minimum atomic E-state index is 0. The minimum Gasteiger partial charge on any atom is -0.385 e. The highest BCUT2D eigenvalue weighted by molar-refractivity contribution is 5.85. The van der Waals surface area contributed by atoms with Gasteiger partial charge in [-0.1, -0.05) is 64.7 Å². The van der Waals surface area contributed by atoms with Crippen molar-refractivity contribution in [2.24, 2.45) is 5.84 Å². The Bertz CT molecular complexity index is 341. The molecule has 0 amide bonds. The minimum absolute atomic E-state index is 0. The van der Waals surface area contributed by atoms with Crippen LogP contribution in [0.25, 0.3) is 0 Å². The Hall–Kier alpha value is -0.930. The van der Waals surface area contributed by atoms with Gasteiger partial charge in [0.2, 0.25) is 0 Å². The Kier molecular flexibility index (Phi) is 14.4. The van der Waals surface area contributed by atoms with Crippen LogP contribution in [0.15, 0.2) is 24.3 Å². The molecule has 4 N–H and O–H groups in total. The number of hydrazine groups is 1. The van der Waals surface area contributed by atoms with E-state index >= 15 is 0 Å². The average Bonchev–Trinajstić information content (AvgIpc) is 2.53. The molecule has 0 aliphatic carbocycles.